The lowest BCUT2D eigenvalue weighted by Gasteiger charge is -2.18. The Morgan fingerprint density at radius 1 is 1.17 bits per heavy atom. The number of pyridine rings is 1. The van der Waals surface area contributed by atoms with Gasteiger partial charge in [0.25, 0.3) is 0 Å². The van der Waals surface area contributed by atoms with Gasteiger partial charge < -0.3 is 15.4 Å². The number of aromatic nitrogens is 2. The van der Waals surface area contributed by atoms with Crippen molar-refractivity contribution in [1.82, 2.24) is 9.38 Å². The molecule has 2 aromatic heterocycles. The zero-order valence-corrected chi connectivity index (χ0v) is 12.4. The van der Waals surface area contributed by atoms with Crippen LogP contribution >= 0.6 is 0 Å². The van der Waals surface area contributed by atoms with Crippen molar-refractivity contribution >= 4 is 17.3 Å². The molecule has 116 valence electrons. The van der Waals surface area contributed by atoms with Gasteiger partial charge in [-0.05, 0) is 35.3 Å². The predicted molar refractivity (Wildman–Crippen MR) is 87.4 cm³/mol. The van der Waals surface area contributed by atoms with E-state index >= 15 is 0 Å². The average Bonchev–Trinajstić information content (AvgIpc) is 3.33. The molecule has 1 aromatic carbocycles. The fourth-order valence-electron chi connectivity index (χ4n) is 2.96. The second-order valence-corrected chi connectivity index (χ2v) is 5.84. The molecule has 1 N–H and O–H groups in total. The maximum atomic E-state index is 11.5. The van der Waals surface area contributed by atoms with Gasteiger partial charge in [-0.15, -0.1) is 0 Å². The smallest absolute Gasteiger partial charge is 0.358 e. The summed E-state index contributed by atoms with van der Waals surface area (Å²) in [5, 5.41) is 14.8. The topological polar surface area (TPSA) is 72.5 Å². The summed E-state index contributed by atoms with van der Waals surface area (Å²) in [6.07, 6.45) is 3.93. The molecule has 1 atom stereocenters. The molecule has 0 unspecified atom stereocenters. The standard InChI is InChI=1S/C17H16N4O2/c22-21(23)17-16(18-14-8-4-5-11-20(14)17)19-15(13-9-10-13)12-6-2-1-3-7-12/h1-8,11,13,15,19H,9-10H2/t15-/m1/s1. The Morgan fingerprint density at radius 2 is 1.91 bits per heavy atom. The molecule has 2 heterocycles. The fourth-order valence-corrected chi connectivity index (χ4v) is 2.96. The Bertz CT molecular complexity index is 855. The molecule has 6 heteroatoms. The number of fused-ring (bicyclic) bond motifs is 1. The van der Waals surface area contributed by atoms with E-state index in [1.807, 2.05) is 24.3 Å². The van der Waals surface area contributed by atoms with Crippen molar-refractivity contribution < 1.29 is 4.92 Å². The van der Waals surface area contributed by atoms with Crippen LogP contribution < -0.4 is 5.32 Å². The molecule has 0 saturated heterocycles. The molecule has 6 nitrogen and oxygen atoms in total. The number of hydrogen-bond acceptors (Lipinski definition) is 4. The molecule has 0 spiro atoms. The van der Waals surface area contributed by atoms with Crippen molar-refractivity contribution in [3.63, 3.8) is 0 Å². The van der Waals surface area contributed by atoms with E-state index in [1.165, 1.54) is 4.40 Å². The number of imidazole rings is 1. The highest BCUT2D eigenvalue weighted by Gasteiger charge is 2.35. The summed E-state index contributed by atoms with van der Waals surface area (Å²) in [5.41, 5.74) is 1.71. The van der Waals surface area contributed by atoms with Crippen LogP contribution in [-0.4, -0.2) is 14.3 Å². The summed E-state index contributed by atoms with van der Waals surface area (Å²) in [7, 11) is 0. The first-order valence-corrected chi connectivity index (χ1v) is 7.67. The van der Waals surface area contributed by atoms with Gasteiger partial charge in [0.15, 0.2) is 0 Å². The Hall–Kier alpha value is -2.89. The van der Waals surface area contributed by atoms with Crippen molar-refractivity contribution in [1.29, 1.82) is 0 Å². The van der Waals surface area contributed by atoms with Gasteiger partial charge >= 0.3 is 5.82 Å². The van der Waals surface area contributed by atoms with Crippen LogP contribution in [-0.2, 0) is 0 Å². The molecule has 23 heavy (non-hydrogen) atoms. The monoisotopic (exact) mass is 308 g/mol. The maximum Gasteiger partial charge on any atom is 0.372 e. The van der Waals surface area contributed by atoms with E-state index in [0.29, 0.717) is 17.4 Å². The molecule has 3 aromatic rings. The van der Waals surface area contributed by atoms with Gasteiger partial charge in [0.2, 0.25) is 11.5 Å². The molecule has 0 amide bonds. The summed E-state index contributed by atoms with van der Waals surface area (Å²) < 4.78 is 1.51. The molecule has 1 aliphatic rings. The molecule has 0 aliphatic heterocycles. The van der Waals surface area contributed by atoms with E-state index in [0.717, 1.165) is 18.4 Å². The first-order valence-electron chi connectivity index (χ1n) is 7.67. The van der Waals surface area contributed by atoms with Crippen LogP contribution in [0.2, 0.25) is 0 Å². The zero-order chi connectivity index (χ0) is 15.8. The number of nitrogens with one attached hydrogen (secondary N) is 1. The van der Waals surface area contributed by atoms with E-state index in [1.54, 1.807) is 18.3 Å². The molecular formula is C17H16N4O2. The normalized spacial score (nSPS) is 15.5. The van der Waals surface area contributed by atoms with Gasteiger partial charge in [-0.3, -0.25) is 0 Å². The molecule has 1 fully saturated rings. The van der Waals surface area contributed by atoms with E-state index < -0.39 is 0 Å². The highest BCUT2D eigenvalue weighted by molar-refractivity contribution is 5.63. The number of hydrogen-bond donors (Lipinski definition) is 1. The lowest BCUT2D eigenvalue weighted by Crippen LogP contribution is -2.14. The second kappa shape index (κ2) is 5.39. The summed E-state index contributed by atoms with van der Waals surface area (Å²) in [5.74, 6) is 0.825. The van der Waals surface area contributed by atoms with Gasteiger partial charge in [0, 0.05) is 6.07 Å². The van der Waals surface area contributed by atoms with Gasteiger partial charge in [-0.25, -0.2) is 0 Å². The van der Waals surface area contributed by atoms with Crippen LogP contribution in [0.3, 0.4) is 0 Å². The largest absolute Gasteiger partial charge is 0.372 e. The van der Waals surface area contributed by atoms with Crippen LogP contribution in [0.25, 0.3) is 5.65 Å². The lowest BCUT2D eigenvalue weighted by atomic mass is 10.0. The summed E-state index contributed by atoms with van der Waals surface area (Å²) in [6, 6.07) is 15.5. The number of nitrogens with zero attached hydrogens (tertiary/aromatic N) is 3. The lowest BCUT2D eigenvalue weighted by molar-refractivity contribution is -0.389. The van der Waals surface area contributed by atoms with Gasteiger partial charge in [-0.2, -0.15) is 9.38 Å². The number of anilines is 1. The Labute approximate surface area is 132 Å². The predicted octanol–water partition coefficient (Wildman–Crippen LogP) is 3.81. The maximum absolute atomic E-state index is 11.5. The third kappa shape index (κ3) is 2.52. The Morgan fingerprint density at radius 3 is 2.61 bits per heavy atom. The highest BCUT2D eigenvalue weighted by atomic mass is 16.6. The number of rotatable bonds is 5. The van der Waals surface area contributed by atoms with Crippen molar-refractivity contribution in [2.75, 3.05) is 5.32 Å². The molecule has 1 aliphatic carbocycles. The fraction of sp³-hybridized carbons (Fsp3) is 0.235. The van der Waals surface area contributed by atoms with Crippen LogP contribution in [0.5, 0.6) is 0 Å². The van der Waals surface area contributed by atoms with E-state index in [9.17, 15) is 10.1 Å². The van der Waals surface area contributed by atoms with Crippen molar-refractivity contribution in [2.24, 2.45) is 5.92 Å². The van der Waals surface area contributed by atoms with Gasteiger partial charge in [0.05, 0.1) is 12.2 Å². The third-order valence-corrected chi connectivity index (χ3v) is 4.22. The average molecular weight is 308 g/mol. The minimum Gasteiger partial charge on any atom is -0.358 e. The minimum atomic E-state index is -0.378. The number of nitro groups is 1. The van der Waals surface area contributed by atoms with Crippen molar-refractivity contribution in [3.05, 3.63) is 70.4 Å². The van der Waals surface area contributed by atoms with E-state index in [2.05, 4.69) is 22.4 Å². The first-order chi connectivity index (χ1) is 11.2. The quantitative estimate of drug-likeness (QED) is 0.574. The van der Waals surface area contributed by atoms with Crippen LogP contribution in [0.1, 0.15) is 24.4 Å². The minimum absolute atomic E-state index is 0.0119. The van der Waals surface area contributed by atoms with Crippen LogP contribution in [0, 0.1) is 16.0 Å². The first kappa shape index (κ1) is 13.8. The summed E-state index contributed by atoms with van der Waals surface area (Å²) in [4.78, 5) is 15.5. The number of benzene rings is 1. The Kier molecular flexibility index (Phi) is 3.22. The third-order valence-electron chi connectivity index (χ3n) is 4.22. The molecule has 0 bridgehead atoms. The van der Waals surface area contributed by atoms with Crippen molar-refractivity contribution in [2.45, 2.75) is 18.9 Å². The molecular weight excluding hydrogens is 292 g/mol. The van der Waals surface area contributed by atoms with E-state index in [-0.39, 0.29) is 16.8 Å². The van der Waals surface area contributed by atoms with Crippen molar-refractivity contribution in [3.8, 4) is 0 Å². The van der Waals surface area contributed by atoms with Crippen LogP contribution in [0.4, 0.5) is 11.6 Å². The molecule has 0 radical (unpaired) electrons. The Balaban J connectivity index is 1.76. The van der Waals surface area contributed by atoms with Gasteiger partial charge in [0.1, 0.15) is 0 Å². The SMILES string of the molecule is O=[N+]([O-])c1c(N[C@H](c2ccccc2)C2CC2)nc2ccccn12. The second-order valence-electron chi connectivity index (χ2n) is 5.84. The zero-order valence-electron chi connectivity index (χ0n) is 12.4. The molecule has 1 saturated carbocycles. The van der Waals surface area contributed by atoms with Gasteiger partial charge in [-0.1, -0.05) is 36.4 Å². The summed E-state index contributed by atoms with van der Waals surface area (Å²) >= 11 is 0. The molecule has 4 rings (SSSR count). The van der Waals surface area contributed by atoms with Crippen LogP contribution in [0.15, 0.2) is 54.7 Å². The van der Waals surface area contributed by atoms with E-state index in [4.69, 9.17) is 0 Å². The highest BCUT2D eigenvalue weighted by Crippen LogP contribution is 2.43. The summed E-state index contributed by atoms with van der Waals surface area (Å²) in [6.45, 7) is 0.